The minimum absolute atomic E-state index is 0.00728. The lowest BCUT2D eigenvalue weighted by Crippen LogP contribution is -2.14. The molecule has 2 aromatic carbocycles. The van der Waals surface area contributed by atoms with Crippen molar-refractivity contribution in [3.63, 3.8) is 0 Å². The Balaban J connectivity index is 2.21. The van der Waals surface area contributed by atoms with Crippen molar-refractivity contribution in [2.75, 3.05) is 11.9 Å². The van der Waals surface area contributed by atoms with E-state index in [4.69, 9.17) is 11.2 Å². The zero-order valence-corrected chi connectivity index (χ0v) is 14.5. The number of terminal acetylenes is 1. The minimum Gasteiger partial charge on any atom is -0.480 e. The van der Waals surface area contributed by atoms with Crippen molar-refractivity contribution in [2.45, 2.75) is 0 Å². The van der Waals surface area contributed by atoms with Gasteiger partial charge in [-0.3, -0.25) is 4.79 Å². The first-order valence-corrected chi connectivity index (χ1v) is 7.88. The van der Waals surface area contributed by atoms with Gasteiger partial charge in [-0.15, -0.1) is 6.42 Å². The Bertz CT molecular complexity index is 910. The number of nitriles is 1. The molecule has 2 rings (SSSR count). The molecule has 0 unspecified atom stereocenters. The van der Waals surface area contributed by atoms with Gasteiger partial charge in [-0.25, -0.2) is 4.39 Å². The lowest BCUT2D eigenvalue weighted by Gasteiger charge is -2.07. The molecule has 25 heavy (non-hydrogen) atoms. The van der Waals surface area contributed by atoms with Crippen LogP contribution in [0.2, 0.25) is 0 Å². The second-order valence-electron chi connectivity index (χ2n) is 4.79. The van der Waals surface area contributed by atoms with Crippen molar-refractivity contribution in [1.29, 1.82) is 5.26 Å². The third-order valence-electron chi connectivity index (χ3n) is 3.07. The van der Waals surface area contributed by atoms with Crippen molar-refractivity contribution in [2.24, 2.45) is 0 Å². The highest BCUT2D eigenvalue weighted by atomic mass is 79.9. The highest BCUT2D eigenvalue weighted by molar-refractivity contribution is 9.10. The summed E-state index contributed by atoms with van der Waals surface area (Å²) in [5.74, 6) is 1.63. The Morgan fingerprint density at radius 2 is 2.12 bits per heavy atom. The summed E-state index contributed by atoms with van der Waals surface area (Å²) in [6.07, 6.45) is 6.54. The van der Waals surface area contributed by atoms with Gasteiger partial charge in [0.15, 0.2) is 0 Å². The molecule has 0 bridgehead atoms. The first-order valence-electron chi connectivity index (χ1n) is 7.08. The summed E-state index contributed by atoms with van der Waals surface area (Å²) in [6, 6.07) is 12.6. The van der Waals surface area contributed by atoms with Crippen LogP contribution in [0.4, 0.5) is 10.1 Å². The van der Waals surface area contributed by atoms with Crippen LogP contribution in [-0.4, -0.2) is 12.5 Å². The number of amides is 1. The molecular weight excluding hydrogens is 387 g/mol. The minimum atomic E-state index is -0.698. The van der Waals surface area contributed by atoms with E-state index in [0.717, 1.165) is 0 Å². The molecule has 0 fully saturated rings. The topological polar surface area (TPSA) is 62.1 Å². The lowest BCUT2D eigenvalue weighted by atomic mass is 10.1. The van der Waals surface area contributed by atoms with Crippen LogP contribution in [0.3, 0.4) is 0 Å². The molecule has 0 spiro atoms. The predicted octanol–water partition coefficient (Wildman–Crippen LogP) is 4.15. The normalized spacial score (nSPS) is 10.5. The average Bonchev–Trinajstić information content (AvgIpc) is 2.60. The van der Waals surface area contributed by atoms with Crippen molar-refractivity contribution in [1.82, 2.24) is 0 Å². The van der Waals surface area contributed by atoms with E-state index in [0.29, 0.717) is 15.8 Å². The quantitative estimate of drug-likeness (QED) is 0.467. The highest BCUT2D eigenvalue weighted by Crippen LogP contribution is 2.27. The molecule has 6 heteroatoms. The summed E-state index contributed by atoms with van der Waals surface area (Å²) in [6.45, 7) is 0.127. The number of benzene rings is 2. The maximum Gasteiger partial charge on any atom is 0.266 e. The van der Waals surface area contributed by atoms with E-state index in [1.165, 1.54) is 24.3 Å². The smallest absolute Gasteiger partial charge is 0.266 e. The molecule has 0 atom stereocenters. The van der Waals surface area contributed by atoms with Gasteiger partial charge in [0, 0.05) is 0 Å². The number of anilines is 1. The fourth-order valence-electron chi connectivity index (χ4n) is 1.91. The summed E-state index contributed by atoms with van der Waals surface area (Å²) in [4.78, 5) is 12.2. The van der Waals surface area contributed by atoms with Crippen molar-refractivity contribution < 1.29 is 13.9 Å². The predicted molar refractivity (Wildman–Crippen MR) is 97.1 cm³/mol. The van der Waals surface area contributed by atoms with Crippen LogP contribution in [0.5, 0.6) is 5.75 Å². The molecule has 0 saturated carbocycles. The number of rotatable bonds is 5. The van der Waals surface area contributed by atoms with Gasteiger partial charge in [0.2, 0.25) is 0 Å². The summed E-state index contributed by atoms with van der Waals surface area (Å²) >= 11 is 3.33. The van der Waals surface area contributed by atoms with E-state index in [2.05, 4.69) is 27.2 Å². The Kier molecular flexibility index (Phi) is 6.33. The van der Waals surface area contributed by atoms with Crippen molar-refractivity contribution in [3.05, 3.63) is 63.9 Å². The van der Waals surface area contributed by atoms with Crippen LogP contribution in [0.1, 0.15) is 5.56 Å². The van der Waals surface area contributed by atoms with E-state index in [1.807, 2.05) is 6.07 Å². The molecule has 0 aliphatic rings. The Morgan fingerprint density at radius 3 is 2.76 bits per heavy atom. The van der Waals surface area contributed by atoms with Gasteiger partial charge in [0.1, 0.15) is 29.8 Å². The molecular formula is C19H12BrFN2O2. The fraction of sp³-hybridized carbons (Fsp3) is 0.0526. The summed E-state index contributed by atoms with van der Waals surface area (Å²) in [5.41, 5.74) is 0.445. The number of hydrogen-bond acceptors (Lipinski definition) is 3. The molecule has 0 heterocycles. The van der Waals surface area contributed by atoms with Crippen LogP contribution in [-0.2, 0) is 4.79 Å². The Morgan fingerprint density at radius 1 is 1.36 bits per heavy atom. The SMILES string of the molecule is C#CCOc1ccc(/C=C(/C#N)C(=O)Nc2ccccc2F)cc1Br. The van der Waals surface area contributed by atoms with Gasteiger partial charge in [0.25, 0.3) is 5.91 Å². The van der Waals surface area contributed by atoms with E-state index in [1.54, 1.807) is 24.3 Å². The zero-order chi connectivity index (χ0) is 18.2. The number of nitrogens with zero attached hydrogens (tertiary/aromatic N) is 1. The number of carbonyl (C=O) groups excluding carboxylic acids is 1. The van der Waals surface area contributed by atoms with Gasteiger partial charge in [-0.1, -0.05) is 24.1 Å². The lowest BCUT2D eigenvalue weighted by molar-refractivity contribution is -0.112. The first-order chi connectivity index (χ1) is 12.0. The third-order valence-corrected chi connectivity index (χ3v) is 3.68. The molecule has 4 nitrogen and oxygen atoms in total. The summed E-state index contributed by atoms with van der Waals surface area (Å²) in [7, 11) is 0. The second-order valence-corrected chi connectivity index (χ2v) is 5.64. The summed E-state index contributed by atoms with van der Waals surface area (Å²) < 4.78 is 19.5. The number of para-hydroxylation sites is 1. The van der Waals surface area contributed by atoms with E-state index < -0.39 is 11.7 Å². The first kappa shape index (κ1) is 18.3. The molecule has 124 valence electrons. The van der Waals surface area contributed by atoms with E-state index in [-0.39, 0.29) is 17.9 Å². The van der Waals surface area contributed by atoms with E-state index in [9.17, 15) is 14.4 Å². The zero-order valence-electron chi connectivity index (χ0n) is 12.9. The van der Waals surface area contributed by atoms with E-state index >= 15 is 0 Å². The molecule has 0 aliphatic heterocycles. The molecule has 1 N–H and O–H groups in total. The number of halogens is 2. The Labute approximate surface area is 153 Å². The maximum atomic E-state index is 13.6. The second kappa shape index (κ2) is 8.68. The van der Waals surface area contributed by atoms with Crippen LogP contribution < -0.4 is 10.1 Å². The van der Waals surface area contributed by atoms with Gasteiger partial charge in [-0.05, 0) is 51.8 Å². The molecule has 0 aliphatic carbocycles. The van der Waals surface area contributed by atoms with Gasteiger partial charge in [0.05, 0.1) is 10.2 Å². The molecule has 0 saturated heterocycles. The highest BCUT2D eigenvalue weighted by Gasteiger charge is 2.12. The Hall–Kier alpha value is -3.09. The molecule has 2 aromatic rings. The molecule has 0 aromatic heterocycles. The fourth-order valence-corrected chi connectivity index (χ4v) is 2.42. The standard InChI is InChI=1S/C19H12BrFN2O2/c1-2-9-25-18-8-7-13(11-15(18)20)10-14(12-22)19(24)23-17-6-4-3-5-16(17)21/h1,3-8,10-11H,9H2,(H,23,24)/b14-10-. The number of ether oxygens (including phenoxy) is 1. The van der Waals surface area contributed by atoms with Gasteiger partial charge >= 0.3 is 0 Å². The average molecular weight is 399 g/mol. The number of nitrogens with one attached hydrogen (secondary N) is 1. The van der Waals surface area contributed by atoms with Crippen molar-refractivity contribution >= 4 is 33.6 Å². The van der Waals surface area contributed by atoms with Gasteiger partial charge < -0.3 is 10.1 Å². The summed E-state index contributed by atoms with van der Waals surface area (Å²) in [5, 5.41) is 11.6. The monoisotopic (exact) mass is 398 g/mol. The van der Waals surface area contributed by atoms with Crippen LogP contribution in [0, 0.1) is 29.5 Å². The van der Waals surface area contributed by atoms with Crippen LogP contribution in [0.25, 0.3) is 6.08 Å². The molecule has 1 amide bonds. The van der Waals surface area contributed by atoms with Crippen molar-refractivity contribution in [3.8, 4) is 24.2 Å². The third kappa shape index (κ3) is 4.94. The van der Waals surface area contributed by atoms with Crippen LogP contribution >= 0.6 is 15.9 Å². The number of carbonyl (C=O) groups is 1. The maximum absolute atomic E-state index is 13.6. The molecule has 0 radical (unpaired) electrons. The number of hydrogen-bond donors (Lipinski definition) is 1. The van der Waals surface area contributed by atoms with Gasteiger partial charge in [-0.2, -0.15) is 5.26 Å². The largest absolute Gasteiger partial charge is 0.480 e. The van der Waals surface area contributed by atoms with Crippen LogP contribution in [0.15, 0.2) is 52.5 Å².